The van der Waals surface area contributed by atoms with Crippen molar-refractivity contribution in [1.29, 1.82) is 0 Å². The topological polar surface area (TPSA) is 94.7 Å². The van der Waals surface area contributed by atoms with Crippen molar-refractivity contribution in [1.82, 2.24) is 24.8 Å². The second kappa shape index (κ2) is 9.66. The standard InChI is InChI=1S/C26H38N6O3/c1-26(2,3)35-25(34)32-15-6-8-18(16-32)22-27-20-10-11-21(28-23(20)29-22)31-14-7-9-19(17-31)24(33)30-12-4-5-13-30/h10-11,18-19H,4-9,12-17H2,1-3H3,(H,27,28,29)/t18?,19-/m1/s1. The van der Waals surface area contributed by atoms with E-state index < -0.39 is 5.60 Å². The summed E-state index contributed by atoms with van der Waals surface area (Å²) in [6.07, 6.45) is 5.83. The predicted molar refractivity (Wildman–Crippen MR) is 134 cm³/mol. The van der Waals surface area contributed by atoms with Crippen LogP contribution in [0.15, 0.2) is 12.1 Å². The molecule has 3 aliphatic rings. The maximum absolute atomic E-state index is 12.9. The Balaban J connectivity index is 1.27. The summed E-state index contributed by atoms with van der Waals surface area (Å²) in [5.41, 5.74) is 1.09. The lowest BCUT2D eigenvalue weighted by Crippen LogP contribution is -2.44. The molecule has 0 saturated carbocycles. The number of nitrogens with one attached hydrogen (secondary N) is 1. The zero-order valence-electron chi connectivity index (χ0n) is 21.3. The van der Waals surface area contributed by atoms with Crippen LogP contribution in [0.4, 0.5) is 10.6 Å². The van der Waals surface area contributed by atoms with Gasteiger partial charge in [0.05, 0.1) is 11.4 Å². The number of pyridine rings is 1. The van der Waals surface area contributed by atoms with Gasteiger partial charge in [0.15, 0.2) is 5.65 Å². The van der Waals surface area contributed by atoms with E-state index in [9.17, 15) is 9.59 Å². The van der Waals surface area contributed by atoms with E-state index >= 15 is 0 Å². The number of piperidine rings is 2. The maximum atomic E-state index is 12.9. The number of hydrogen-bond acceptors (Lipinski definition) is 6. The molecule has 2 atom stereocenters. The second-order valence-electron chi connectivity index (χ2n) is 11.2. The molecule has 9 nitrogen and oxygen atoms in total. The fourth-order valence-electron chi connectivity index (χ4n) is 5.55. The SMILES string of the molecule is CC(C)(C)OC(=O)N1CCCC(c2nc3nc(N4CCC[C@@H](C(=O)N5CCCC5)C4)ccc3[nH]2)C1. The first-order chi connectivity index (χ1) is 16.8. The third-order valence-corrected chi connectivity index (χ3v) is 7.32. The highest BCUT2D eigenvalue weighted by Crippen LogP contribution is 2.29. The lowest BCUT2D eigenvalue weighted by molar-refractivity contribution is -0.134. The van der Waals surface area contributed by atoms with Gasteiger partial charge in [0.2, 0.25) is 5.91 Å². The van der Waals surface area contributed by atoms with Crippen LogP contribution in [0.2, 0.25) is 0 Å². The number of fused-ring (bicyclic) bond motifs is 1. The molecule has 2 amide bonds. The number of ether oxygens (including phenoxy) is 1. The zero-order chi connectivity index (χ0) is 24.6. The monoisotopic (exact) mass is 482 g/mol. The van der Waals surface area contributed by atoms with Crippen LogP contribution in [0, 0.1) is 5.92 Å². The number of aromatic amines is 1. The van der Waals surface area contributed by atoms with E-state index in [0.29, 0.717) is 24.6 Å². The van der Waals surface area contributed by atoms with Gasteiger partial charge in [0, 0.05) is 45.2 Å². The first-order valence-electron chi connectivity index (χ1n) is 13.2. The summed E-state index contributed by atoms with van der Waals surface area (Å²) < 4.78 is 5.57. The van der Waals surface area contributed by atoms with Crippen LogP contribution in [0.5, 0.6) is 0 Å². The van der Waals surface area contributed by atoms with Crippen molar-refractivity contribution in [2.24, 2.45) is 5.92 Å². The Bertz CT molecular complexity index is 1070. The number of nitrogens with zero attached hydrogens (tertiary/aromatic N) is 5. The van der Waals surface area contributed by atoms with Crippen molar-refractivity contribution in [3.63, 3.8) is 0 Å². The van der Waals surface area contributed by atoms with Crippen molar-refractivity contribution in [2.75, 3.05) is 44.2 Å². The molecule has 2 aromatic heterocycles. The van der Waals surface area contributed by atoms with Gasteiger partial charge in [-0.05, 0) is 71.4 Å². The molecule has 190 valence electrons. The average molecular weight is 483 g/mol. The molecule has 0 bridgehead atoms. The van der Waals surface area contributed by atoms with Gasteiger partial charge in [0.25, 0.3) is 0 Å². The highest BCUT2D eigenvalue weighted by atomic mass is 16.6. The molecule has 0 radical (unpaired) electrons. The number of aromatic nitrogens is 3. The number of imidazole rings is 1. The third kappa shape index (κ3) is 5.38. The zero-order valence-corrected chi connectivity index (χ0v) is 21.3. The molecule has 0 aromatic carbocycles. The highest BCUT2D eigenvalue weighted by molar-refractivity contribution is 5.80. The summed E-state index contributed by atoms with van der Waals surface area (Å²) in [5, 5.41) is 0. The van der Waals surface area contributed by atoms with Crippen molar-refractivity contribution < 1.29 is 14.3 Å². The van der Waals surface area contributed by atoms with Crippen molar-refractivity contribution in [2.45, 2.75) is 70.8 Å². The van der Waals surface area contributed by atoms with Gasteiger partial charge >= 0.3 is 6.09 Å². The van der Waals surface area contributed by atoms with Crippen molar-refractivity contribution >= 4 is 29.0 Å². The van der Waals surface area contributed by atoms with E-state index in [1.165, 1.54) is 0 Å². The number of rotatable bonds is 3. The summed E-state index contributed by atoms with van der Waals surface area (Å²) in [4.78, 5) is 44.7. The van der Waals surface area contributed by atoms with Crippen LogP contribution in [0.1, 0.15) is 71.0 Å². The molecule has 5 heterocycles. The molecule has 0 aliphatic carbocycles. The number of H-pyrrole nitrogens is 1. The van der Waals surface area contributed by atoms with E-state index in [1.54, 1.807) is 4.90 Å². The van der Waals surface area contributed by atoms with Crippen LogP contribution in [-0.4, -0.2) is 81.6 Å². The number of hydrogen-bond donors (Lipinski definition) is 1. The van der Waals surface area contributed by atoms with Crippen LogP contribution in [-0.2, 0) is 9.53 Å². The fraction of sp³-hybridized carbons (Fsp3) is 0.692. The summed E-state index contributed by atoms with van der Waals surface area (Å²) >= 11 is 0. The summed E-state index contributed by atoms with van der Waals surface area (Å²) in [5.74, 6) is 2.25. The average Bonchev–Trinajstić information content (AvgIpc) is 3.52. The smallest absolute Gasteiger partial charge is 0.410 e. The Labute approximate surface area is 207 Å². The van der Waals surface area contributed by atoms with E-state index in [-0.39, 0.29) is 17.9 Å². The van der Waals surface area contributed by atoms with Crippen LogP contribution >= 0.6 is 0 Å². The fourth-order valence-corrected chi connectivity index (χ4v) is 5.55. The number of amides is 2. The first-order valence-corrected chi connectivity index (χ1v) is 13.2. The van der Waals surface area contributed by atoms with Gasteiger partial charge in [-0.15, -0.1) is 0 Å². The van der Waals surface area contributed by atoms with Crippen LogP contribution in [0.25, 0.3) is 11.2 Å². The molecular weight excluding hydrogens is 444 g/mol. The molecule has 3 aliphatic heterocycles. The molecule has 3 saturated heterocycles. The van der Waals surface area contributed by atoms with Gasteiger partial charge in [-0.1, -0.05) is 0 Å². The minimum Gasteiger partial charge on any atom is -0.444 e. The maximum Gasteiger partial charge on any atom is 0.410 e. The quantitative estimate of drug-likeness (QED) is 0.713. The lowest BCUT2D eigenvalue weighted by atomic mass is 9.96. The summed E-state index contributed by atoms with van der Waals surface area (Å²) in [6.45, 7) is 10.4. The molecule has 1 unspecified atom stereocenters. The third-order valence-electron chi connectivity index (χ3n) is 7.32. The molecule has 35 heavy (non-hydrogen) atoms. The largest absolute Gasteiger partial charge is 0.444 e. The minimum atomic E-state index is -0.504. The Kier molecular flexibility index (Phi) is 6.59. The van der Waals surface area contributed by atoms with Gasteiger partial charge in [-0.25, -0.2) is 14.8 Å². The van der Waals surface area contributed by atoms with E-state index in [4.69, 9.17) is 14.7 Å². The van der Waals surface area contributed by atoms with E-state index in [1.807, 2.05) is 37.8 Å². The van der Waals surface area contributed by atoms with E-state index in [2.05, 4.69) is 9.88 Å². The normalized spacial score (nSPS) is 23.7. The first kappa shape index (κ1) is 23.9. The summed E-state index contributed by atoms with van der Waals surface area (Å²) in [6, 6.07) is 4.06. The molecule has 5 rings (SSSR count). The Morgan fingerprint density at radius 1 is 0.943 bits per heavy atom. The molecule has 1 N–H and O–H groups in total. The van der Waals surface area contributed by atoms with Gasteiger partial charge in [0.1, 0.15) is 17.2 Å². The van der Waals surface area contributed by atoms with Crippen molar-refractivity contribution in [3.8, 4) is 0 Å². The molecular formula is C26H38N6O3. The number of carbonyl (C=O) groups excluding carboxylic acids is 2. The Hall–Kier alpha value is -2.84. The Morgan fingerprint density at radius 3 is 2.46 bits per heavy atom. The lowest BCUT2D eigenvalue weighted by Gasteiger charge is -2.34. The molecule has 2 aromatic rings. The van der Waals surface area contributed by atoms with Gasteiger partial charge in [-0.2, -0.15) is 0 Å². The number of carbonyl (C=O) groups is 2. The van der Waals surface area contributed by atoms with Crippen molar-refractivity contribution in [3.05, 3.63) is 18.0 Å². The molecule has 0 spiro atoms. The number of anilines is 1. The summed E-state index contributed by atoms with van der Waals surface area (Å²) in [7, 11) is 0. The number of likely N-dealkylation sites (tertiary alicyclic amines) is 2. The van der Waals surface area contributed by atoms with Crippen LogP contribution in [0.3, 0.4) is 0 Å². The van der Waals surface area contributed by atoms with Crippen LogP contribution < -0.4 is 4.90 Å². The van der Waals surface area contributed by atoms with E-state index in [0.717, 1.165) is 81.9 Å². The predicted octanol–water partition coefficient (Wildman–Crippen LogP) is 3.91. The Morgan fingerprint density at radius 2 is 1.69 bits per heavy atom. The minimum absolute atomic E-state index is 0.0511. The second-order valence-corrected chi connectivity index (χ2v) is 11.2. The van der Waals surface area contributed by atoms with Gasteiger partial charge in [-0.3, -0.25) is 4.79 Å². The molecule has 3 fully saturated rings. The highest BCUT2D eigenvalue weighted by Gasteiger charge is 2.32. The molecule has 9 heteroatoms. The van der Waals surface area contributed by atoms with Gasteiger partial charge < -0.3 is 24.4 Å².